The molecular weight excluding hydrogens is 480 g/mol. The molecule has 3 atom stereocenters. The van der Waals surface area contributed by atoms with Gasteiger partial charge in [-0.05, 0) is 90.3 Å². The number of allylic oxidation sites excluding steroid dienone is 2. The van der Waals surface area contributed by atoms with Crippen LogP contribution in [0.1, 0.15) is 106 Å². The quantitative estimate of drug-likeness (QED) is 0.419. The van der Waals surface area contributed by atoms with Crippen molar-refractivity contribution in [2.45, 2.75) is 129 Å². The largest absolute Gasteiger partial charge is 0.416 e. The number of benzene rings is 1. The van der Waals surface area contributed by atoms with Crippen molar-refractivity contribution in [1.82, 2.24) is 10.5 Å². The van der Waals surface area contributed by atoms with Gasteiger partial charge in [-0.25, -0.2) is 0 Å². The Bertz CT molecular complexity index is 1110. The highest BCUT2D eigenvalue weighted by Crippen LogP contribution is 2.46. The van der Waals surface area contributed by atoms with E-state index in [9.17, 15) is 0 Å². The Morgan fingerprint density at radius 3 is 2.13 bits per heavy atom. The van der Waals surface area contributed by atoms with E-state index in [1.165, 1.54) is 47.9 Å². The first-order valence-electron chi connectivity index (χ1n) is 15.4. The van der Waals surface area contributed by atoms with Crippen molar-refractivity contribution in [2.24, 2.45) is 5.92 Å². The molecule has 5 rings (SSSR count). The first-order valence-corrected chi connectivity index (χ1v) is 15.4. The number of unbranched alkanes of at least 4 members (excludes halogenated alkanes) is 1. The zero-order chi connectivity index (χ0) is 28.4. The summed E-state index contributed by atoms with van der Waals surface area (Å²) in [5.41, 5.74) is 4.55. The van der Waals surface area contributed by atoms with Gasteiger partial charge in [0.1, 0.15) is 0 Å². The molecule has 2 fully saturated rings. The van der Waals surface area contributed by atoms with Crippen molar-refractivity contribution < 1.29 is 9.31 Å². The second-order valence-corrected chi connectivity index (χ2v) is 14.5. The molecule has 0 amide bonds. The van der Waals surface area contributed by atoms with Crippen LogP contribution in [0, 0.1) is 5.92 Å². The monoisotopic (exact) mass is 531 g/mol. The summed E-state index contributed by atoms with van der Waals surface area (Å²) in [5.74, 6) is 1.00. The lowest BCUT2D eigenvalue weighted by atomic mass is 9.67. The number of hydrogen-bond donors (Lipinski definition) is 2. The third-order valence-corrected chi connectivity index (χ3v) is 10.7. The topological polar surface area (TPSA) is 45.8 Å². The number of anilines is 1. The van der Waals surface area contributed by atoms with Crippen molar-refractivity contribution >= 4 is 25.3 Å². The van der Waals surface area contributed by atoms with Gasteiger partial charge >= 0.3 is 14.1 Å². The van der Waals surface area contributed by atoms with E-state index in [1.54, 1.807) is 0 Å². The van der Waals surface area contributed by atoms with Crippen molar-refractivity contribution in [3.05, 3.63) is 47.5 Å². The smallest absolute Gasteiger partial charge is 0.411 e. The van der Waals surface area contributed by atoms with Gasteiger partial charge in [0.2, 0.25) is 0 Å². The minimum absolute atomic E-state index is 0.0951. The van der Waals surface area contributed by atoms with Crippen molar-refractivity contribution in [3.63, 3.8) is 0 Å². The molecule has 3 heterocycles. The molecule has 3 unspecified atom stereocenters. The molecule has 3 aliphatic heterocycles. The van der Waals surface area contributed by atoms with Crippen molar-refractivity contribution in [3.8, 4) is 0 Å². The van der Waals surface area contributed by atoms with E-state index < -0.39 is 0 Å². The van der Waals surface area contributed by atoms with Crippen LogP contribution in [-0.4, -0.2) is 49.0 Å². The van der Waals surface area contributed by atoms with Gasteiger partial charge in [-0.15, -0.1) is 0 Å². The summed E-state index contributed by atoms with van der Waals surface area (Å²) in [6, 6.07) is 7.39. The number of fused-ring (bicyclic) bond motifs is 3. The maximum atomic E-state index is 6.57. The van der Waals surface area contributed by atoms with Crippen LogP contribution in [0.25, 0.3) is 0 Å². The molecule has 2 saturated heterocycles. The molecule has 0 bridgehead atoms. The molecule has 1 aromatic rings. The van der Waals surface area contributed by atoms with Gasteiger partial charge in [-0.1, -0.05) is 63.5 Å². The molecule has 39 heavy (non-hydrogen) atoms. The normalized spacial score (nSPS) is 28.5. The fraction of sp³-hybridized carbons (Fsp3) is 0.688. The lowest BCUT2D eigenvalue weighted by molar-refractivity contribution is 0.0745. The molecule has 4 aliphatic rings. The first kappa shape index (κ1) is 29.0. The average Bonchev–Trinajstić information content (AvgIpc) is 3.37. The molecule has 1 aromatic carbocycles. The maximum Gasteiger partial charge on any atom is 0.416 e. The van der Waals surface area contributed by atoms with E-state index >= 15 is 0 Å². The lowest BCUT2D eigenvalue weighted by Gasteiger charge is -2.33. The summed E-state index contributed by atoms with van der Waals surface area (Å²) in [6.45, 7) is 23.4. The number of hydrogen-bond acceptors (Lipinski definition) is 5. The summed E-state index contributed by atoms with van der Waals surface area (Å²) in [5, 5.41) is 7.51. The Balaban J connectivity index is 1.49. The van der Waals surface area contributed by atoms with Crippen LogP contribution in [0.4, 0.5) is 5.69 Å². The molecule has 2 N–H and O–H groups in total. The highest BCUT2D eigenvalue weighted by atomic mass is 16.5. The van der Waals surface area contributed by atoms with Crippen LogP contribution in [0.2, 0.25) is 0 Å². The predicted molar refractivity (Wildman–Crippen MR) is 167 cm³/mol. The first-order chi connectivity index (χ1) is 18.2. The zero-order valence-corrected chi connectivity index (χ0v) is 26.2. The molecule has 5 nitrogen and oxygen atoms in total. The molecule has 0 spiro atoms. The molecule has 0 radical (unpaired) electrons. The van der Waals surface area contributed by atoms with E-state index in [1.807, 2.05) is 0 Å². The summed E-state index contributed by atoms with van der Waals surface area (Å²) >= 11 is 0. The second kappa shape index (κ2) is 10.1. The molecule has 1 aliphatic carbocycles. The van der Waals surface area contributed by atoms with Crippen LogP contribution in [0.3, 0.4) is 0 Å². The number of rotatable bonds is 8. The third kappa shape index (κ3) is 5.07. The Morgan fingerprint density at radius 1 is 0.923 bits per heavy atom. The third-order valence-electron chi connectivity index (χ3n) is 10.7. The summed E-state index contributed by atoms with van der Waals surface area (Å²) in [6.07, 6.45) is 12.3. The van der Waals surface area contributed by atoms with Crippen LogP contribution >= 0.6 is 0 Å². The molecule has 0 saturated carbocycles. The van der Waals surface area contributed by atoms with Gasteiger partial charge in [0, 0.05) is 29.2 Å². The SMILES string of the molecule is CCCCC(CC)CN1c2ccc(B3NC(C)(C)C(C)(C)O3)cc2C2C=C(B3NC(C)(C)C(C)(C)O3)C=CC21. The lowest BCUT2D eigenvalue weighted by Crippen LogP contribution is -2.51. The Kier molecular flexibility index (Phi) is 7.49. The molecular formula is C32H51B2N3O2. The molecule has 7 heteroatoms. The van der Waals surface area contributed by atoms with E-state index in [4.69, 9.17) is 9.31 Å². The van der Waals surface area contributed by atoms with Gasteiger partial charge in [0.05, 0.1) is 17.2 Å². The summed E-state index contributed by atoms with van der Waals surface area (Å²) in [4.78, 5) is 2.69. The van der Waals surface area contributed by atoms with Crippen LogP contribution in [0.15, 0.2) is 41.9 Å². The number of nitrogens with one attached hydrogen (secondary N) is 2. The van der Waals surface area contributed by atoms with Crippen molar-refractivity contribution in [2.75, 3.05) is 11.4 Å². The van der Waals surface area contributed by atoms with Gasteiger partial charge in [-0.2, -0.15) is 0 Å². The van der Waals surface area contributed by atoms with Gasteiger partial charge < -0.3 is 24.7 Å². The Morgan fingerprint density at radius 2 is 1.56 bits per heavy atom. The van der Waals surface area contributed by atoms with E-state index in [0.29, 0.717) is 17.9 Å². The van der Waals surface area contributed by atoms with E-state index in [2.05, 4.69) is 121 Å². The molecule has 0 aromatic heterocycles. The fourth-order valence-electron chi connectivity index (χ4n) is 6.53. The minimum atomic E-state index is -0.245. The Labute approximate surface area is 238 Å². The van der Waals surface area contributed by atoms with E-state index in [0.717, 1.165) is 6.54 Å². The Hall–Kier alpha value is -1.53. The summed E-state index contributed by atoms with van der Waals surface area (Å²) < 4.78 is 13.1. The van der Waals surface area contributed by atoms with Crippen LogP contribution in [-0.2, 0) is 9.31 Å². The fourth-order valence-corrected chi connectivity index (χ4v) is 6.53. The summed E-state index contributed by atoms with van der Waals surface area (Å²) in [7, 11) is -0.202. The number of nitrogens with zero attached hydrogens (tertiary/aromatic N) is 1. The minimum Gasteiger partial charge on any atom is -0.411 e. The standard InChI is InChI=1S/C32H51B2N3O2/c1-11-13-14-22(12-2)21-37-27-17-15-23(33-35-29(3,4)31(7,8)38-33)19-25(27)26-20-24(16-18-28(26)37)34-36-30(5,6)32(9,10)39-34/h15-20,22,25,27,35-36H,11-14,21H2,1-10H3. The van der Waals surface area contributed by atoms with E-state index in [-0.39, 0.29) is 36.4 Å². The maximum absolute atomic E-state index is 6.57. The molecule has 212 valence electrons. The van der Waals surface area contributed by atoms with Gasteiger partial charge in [0.15, 0.2) is 0 Å². The second-order valence-electron chi connectivity index (χ2n) is 14.5. The highest BCUT2D eigenvalue weighted by molar-refractivity contribution is 6.66. The van der Waals surface area contributed by atoms with Crippen molar-refractivity contribution in [1.29, 1.82) is 0 Å². The van der Waals surface area contributed by atoms with Crippen LogP contribution < -0.4 is 20.8 Å². The van der Waals surface area contributed by atoms with Crippen LogP contribution in [0.5, 0.6) is 0 Å². The van der Waals surface area contributed by atoms with Gasteiger partial charge in [-0.3, -0.25) is 0 Å². The predicted octanol–water partition coefficient (Wildman–Crippen LogP) is 5.75. The average molecular weight is 531 g/mol. The highest BCUT2D eigenvalue weighted by Gasteiger charge is 2.52. The van der Waals surface area contributed by atoms with Gasteiger partial charge in [0.25, 0.3) is 0 Å². The zero-order valence-electron chi connectivity index (χ0n) is 26.2.